The third-order valence-corrected chi connectivity index (χ3v) is 7.52. The summed E-state index contributed by atoms with van der Waals surface area (Å²) in [5.41, 5.74) is 1.02. The van der Waals surface area contributed by atoms with Crippen molar-refractivity contribution in [1.29, 1.82) is 0 Å². The van der Waals surface area contributed by atoms with Crippen molar-refractivity contribution < 1.29 is 27.9 Å². The van der Waals surface area contributed by atoms with Gasteiger partial charge in [-0.1, -0.05) is 30.3 Å². The van der Waals surface area contributed by atoms with E-state index in [0.29, 0.717) is 26.1 Å². The number of amides is 1. The normalized spacial score (nSPS) is 26.7. The Morgan fingerprint density at radius 3 is 2.42 bits per heavy atom. The quantitative estimate of drug-likeness (QED) is 0.647. The molecule has 172 valence electrons. The summed E-state index contributed by atoms with van der Waals surface area (Å²) in [7, 11) is -3.29. The SMILES string of the molecule is CS(=O)(=O)N1C[C@H]2CN(C(=O)CCN3CCOCC3)C[C@H]2[C@@H]1c1ccccc1.O=CO. The maximum Gasteiger partial charge on any atom is 0.290 e. The van der Waals surface area contributed by atoms with Crippen LogP contribution in [0, 0.1) is 11.8 Å². The summed E-state index contributed by atoms with van der Waals surface area (Å²) in [6.07, 6.45) is 1.81. The standard InChI is InChI=1S/C20H29N3O4S.CH2O2/c1-28(25,26)23-14-17-13-22(19(24)7-8-21-9-11-27-12-10-21)15-18(17)20(23)16-5-3-2-4-6-16;2-1-3/h2-6,17-18,20H,7-15H2,1H3;1H,(H,2,3)/t17-,18-,20+;/m1./s1. The number of carbonyl (C=O) groups is 2. The molecular weight excluding hydrogens is 422 g/mol. The van der Waals surface area contributed by atoms with Crippen LogP contribution in [0.1, 0.15) is 18.0 Å². The Hall–Kier alpha value is -2.01. The Labute approximate surface area is 183 Å². The van der Waals surface area contributed by atoms with Gasteiger partial charge < -0.3 is 14.7 Å². The fourth-order valence-electron chi connectivity index (χ4n) is 4.85. The molecule has 1 aromatic carbocycles. The van der Waals surface area contributed by atoms with E-state index in [2.05, 4.69) is 4.90 Å². The van der Waals surface area contributed by atoms with Gasteiger partial charge in [0.25, 0.3) is 6.47 Å². The van der Waals surface area contributed by atoms with Crippen LogP contribution >= 0.6 is 0 Å². The zero-order chi connectivity index (χ0) is 22.4. The molecule has 0 spiro atoms. The molecule has 0 aliphatic carbocycles. The number of sulfonamides is 1. The minimum atomic E-state index is -3.29. The van der Waals surface area contributed by atoms with Gasteiger partial charge in [0.1, 0.15) is 0 Å². The molecule has 4 rings (SSSR count). The van der Waals surface area contributed by atoms with Gasteiger partial charge in [0.05, 0.1) is 25.5 Å². The second-order valence-electron chi connectivity index (χ2n) is 8.22. The zero-order valence-corrected chi connectivity index (χ0v) is 18.6. The van der Waals surface area contributed by atoms with Gasteiger partial charge in [-0.25, -0.2) is 8.42 Å². The van der Waals surface area contributed by atoms with E-state index in [1.54, 1.807) is 4.31 Å². The van der Waals surface area contributed by atoms with Gasteiger partial charge in [-0.15, -0.1) is 0 Å². The highest BCUT2D eigenvalue weighted by Gasteiger charge is 2.51. The van der Waals surface area contributed by atoms with Gasteiger partial charge in [-0.3, -0.25) is 14.5 Å². The lowest BCUT2D eigenvalue weighted by Crippen LogP contribution is -2.40. The summed E-state index contributed by atoms with van der Waals surface area (Å²) in [5, 5.41) is 6.89. The molecule has 1 N–H and O–H groups in total. The highest BCUT2D eigenvalue weighted by molar-refractivity contribution is 7.88. The van der Waals surface area contributed by atoms with Crippen LogP contribution in [0.4, 0.5) is 0 Å². The lowest BCUT2D eigenvalue weighted by atomic mass is 9.90. The number of rotatable bonds is 5. The van der Waals surface area contributed by atoms with Crippen molar-refractivity contribution in [2.24, 2.45) is 11.8 Å². The number of hydrogen-bond acceptors (Lipinski definition) is 6. The molecule has 9 nitrogen and oxygen atoms in total. The lowest BCUT2D eigenvalue weighted by molar-refractivity contribution is -0.131. The van der Waals surface area contributed by atoms with E-state index in [0.717, 1.165) is 38.4 Å². The third kappa shape index (κ3) is 5.82. The van der Waals surface area contributed by atoms with Crippen molar-refractivity contribution in [3.05, 3.63) is 35.9 Å². The predicted octanol–water partition coefficient (Wildman–Crippen LogP) is 0.501. The summed E-state index contributed by atoms with van der Waals surface area (Å²) in [6.45, 7) is 5.56. The van der Waals surface area contributed by atoms with E-state index in [9.17, 15) is 13.2 Å². The topological polar surface area (TPSA) is 107 Å². The average Bonchev–Trinajstić information content (AvgIpc) is 3.32. The number of ether oxygens (including phenoxy) is 1. The predicted molar refractivity (Wildman–Crippen MR) is 115 cm³/mol. The minimum absolute atomic E-state index is 0.157. The van der Waals surface area contributed by atoms with Crippen LogP contribution in [0.2, 0.25) is 0 Å². The molecule has 0 aromatic heterocycles. The molecule has 0 unspecified atom stereocenters. The summed E-state index contributed by atoms with van der Waals surface area (Å²) < 4.78 is 31.7. The number of nitrogens with zero attached hydrogens (tertiary/aromatic N) is 3. The summed E-state index contributed by atoms with van der Waals surface area (Å²) in [5.74, 6) is 0.537. The van der Waals surface area contributed by atoms with Gasteiger partial charge in [-0.05, 0) is 11.5 Å². The smallest absolute Gasteiger partial charge is 0.290 e. The first-order valence-corrected chi connectivity index (χ1v) is 12.4. The van der Waals surface area contributed by atoms with E-state index in [4.69, 9.17) is 14.6 Å². The van der Waals surface area contributed by atoms with E-state index in [1.165, 1.54) is 6.26 Å². The number of hydrogen-bond donors (Lipinski definition) is 1. The Balaban J connectivity index is 0.000000858. The minimum Gasteiger partial charge on any atom is -0.483 e. The van der Waals surface area contributed by atoms with Crippen LogP contribution < -0.4 is 0 Å². The van der Waals surface area contributed by atoms with Crippen molar-refractivity contribution in [3.63, 3.8) is 0 Å². The van der Waals surface area contributed by atoms with Crippen molar-refractivity contribution in [1.82, 2.24) is 14.1 Å². The van der Waals surface area contributed by atoms with Gasteiger partial charge in [0.15, 0.2) is 0 Å². The molecule has 31 heavy (non-hydrogen) atoms. The molecule has 1 amide bonds. The molecule has 3 aliphatic rings. The van der Waals surface area contributed by atoms with E-state index in [1.807, 2.05) is 35.2 Å². The molecule has 0 bridgehead atoms. The molecule has 0 radical (unpaired) electrons. The van der Waals surface area contributed by atoms with Crippen LogP contribution in [0.25, 0.3) is 0 Å². The first-order chi connectivity index (χ1) is 14.8. The lowest BCUT2D eigenvalue weighted by Gasteiger charge is -2.29. The maximum atomic E-state index is 12.8. The second-order valence-corrected chi connectivity index (χ2v) is 10.2. The fourth-order valence-corrected chi connectivity index (χ4v) is 6.00. The van der Waals surface area contributed by atoms with Crippen LogP contribution in [0.15, 0.2) is 30.3 Å². The summed E-state index contributed by atoms with van der Waals surface area (Å²) in [6, 6.07) is 9.64. The average molecular weight is 454 g/mol. The van der Waals surface area contributed by atoms with E-state index in [-0.39, 0.29) is 30.3 Å². The molecule has 3 heterocycles. The van der Waals surface area contributed by atoms with Crippen molar-refractivity contribution in [3.8, 4) is 0 Å². The first-order valence-electron chi connectivity index (χ1n) is 10.5. The van der Waals surface area contributed by atoms with Crippen LogP contribution in [-0.4, -0.2) is 98.7 Å². The number of carbonyl (C=O) groups excluding carboxylic acids is 1. The number of likely N-dealkylation sites (tertiary alicyclic amines) is 1. The van der Waals surface area contributed by atoms with Gasteiger partial charge in [0, 0.05) is 51.6 Å². The number of fused-ring (bicyclic) bond motifs is 1. The number of morpholine rings is 1. The zero-order valence-electron chi connectivity index (χ0n) is 17.8. The van der Waals surface area contributed by atoms with E-state index >= 15 is 0 Å². The molecule has 3 aliphatic heterocycles. The van der Waals surface area contributed by atoms with Crippen molar-refractivity contribution in [2.75, 3.05) is 58.7 Å². The molecule has 1 aromatic rings. The molecule has 3 saturated heterocycles. The molecular formula is C21H31N3O6S. The highest BCUT2D eigenvalue weighted by Crippen LogP contribution is 2.46. The van der Waals surface area contributed by atoms with Crippen LogP contribution in [-0.2, 0) is 24.3 Å². The van der Waals surface area contributed by atoms with E-state index < -0.39 is 10.0 Å². The van der Waals surface area contributed by atoms with Gasteiger partial charge in [0.2, 0.25) is 15.9 Å². The second kappa shape index (κ2) is 10.5. The van der Waals surface area contributed by atoms with Crippen molar-refractivity contribution in [2.45, 2.75) is 12.5 Å². The first kappa shape index (κ1) is 23.6. The Bertz CT molecular complexity index is 844. The fraction of sp³-hybridized carbons (Fsp3) is 0.619. The van der Waals surface area contributed by atoms with Gasteiger partial charge >= 0.3 is 0 Å². The number of benzene rings is 1. The Morgan fingerprint density at radius 2 is 1.81 bits per heavy atom. The summed E-state index contributed by atoms with van der Waals surface area (Å²) >= 11 is 0. The summed E-state index contributed by atoms with van der Waals surface area (Å²) in [4.78, 5) is 25.4. The molecule has 10 heteroatoms. The van der Waals surface area contributed by atoms with Crippen LogP contribution in [0.5, 0.6) is 0 Å². The monoisotopic (exact) mass is 453 g/mol. The maximum absolute atomic E-state index is 12.8. The molecule has 3 fully saturated rings. The number of carboxylic acid groups (broad SMARTS) is 1. The third-order valence-electron chi connectivity index (χ3n) is 6.29. The van der Waals surface area contributed by atoms with Crippen LogP contribution in [0.3, 0.4) is 0 Å². The highest BCUT2D eigenvalue weighted by atomic mass is 32.2. The van der Waals surface area contributed by atoms with Gasteiger partial charge in [-0.2, -0.15) is 4.31 Å². The largest absolute Gasteiger partial charge is 0.483 e. The Kier molecular flexibility index (Phi) is 8.04. The molecule has 0 saturated carbocycles. The Morgan fingerprint density at radius 1 is 1.16 bits per heavy atom. The van der Waals surface area contributed by atoms with Crippen molar-refractivity contribution >= 4 is 22.4 Å². The molecule has 3 atom stereocenters.